The first-order valence-corrected chi connectivity index (χ1v) is 8.31. The van der Waals surface area contributed by atoms with Crippen molar-refractivity contribution < 1.29 is 14.3 Å². The van der Waals surface area contributed by atoms with Crippen LogP contribution in [0.5, 0.6) is 5.75 Å². The second-order valence-electron chi connectivity index (χ2n) is 5.47. The van der Waals surface area contributed by atoms with Gasteiger partial charge in [-0.1, -0.05) is 43.0 Å². The maximum absolute atomic E-state index is 12.9. The number of para-hydroxylation sites is 1. The monoisotopic (exact) mass is 364 g/mol. The van der Waals surface area contributed by atoms with E-state index >= 15 is 0 Å². The fraction of sp³-hybridized carbons (Fsp3) is 0.0500. The van der Waals surface area contributed by atoms with Crippen molar-refractivity contribution >= 4 is 40.9 Å². The molecular weight excluding hydrogens is 348 g/mol. The van der Waals surface area contributed by atoms with Crippen LogP contribution in [0.15, 0.2) is 72.8 Å². The molecule has 0 aromatic heterocycles. The summed E-state index contributed by atoms with van der Waals surface area (Å²) in [7, 11) is 0. The van der Waals surface area contributed by atoms with Crippen molar-refractivity contribution in [2.45, 2.75) is 0 Å². The summed E-state index contributed by atoms with van der Waals surface area (Å²) in [5, 5.41) is 2.62. The molecule has 130 valence electrons. The molecule has 0 bridgehead atoms. The lowest BCUT2D eigenvalue weighted by atomic mass is 10.1. The minimum atomic E-state index is -0.524. The number of nitrogens with one attached hydrogen (secondary N) is 1. The number of rotatable bonds is 5. The molecule has 1 aliphatic heterocycles. The lowest BCUT2D eigenvalue weighted by Crippen LogP contribution is -2.54. The second kappa shape index (κ2) is 7.76. The SMILES string of the molecule is C=CCOc1cccc(/C=C2\C(=O)NC(=S)N(c3ccccc3)C2=O)c1. The molecule has 1 saturated heterocycles. The molecule has 1 fully saturated rings. The van der Waals surface area contributed by atoms with Crippen molar-refractivity contribution in [3.63, 3.8) is 0 Å². The first-order chi connectivity index (χ1) is 12.6. The summed E-state index contributed by atoms with van der Waals surface area (Å²) in [6.45, 7) is 3.97. The number of ether oxygens (including phenoxy) is 1. The molecular formula is C20H16N2O3S. The first kappa shape index (κ1) is 17.6. The van der Waals surface area contributed by atoms with Gasteiger partial charge in [-0.3, -0.25) is 19.8 Å². The van der Waals surface area contributed by atoms with Gasteiger partial charge in [-0.2, -0.15) is 0 Å². The molecule has 0 unspecified atom stereocenters. The Labute approximate surface area is 156 Å². The van der Waals surface area contributed by atoms with Crippen LogP contribution in [-0.4, -0.2) is 23.5 Å². The van der Waals surface area contributed by atoms with Crippen LogP contribution in [0.3, 0.4) is 0 Å². The van der Waals surface area contributed by atoms with Gasteiger partial charge in [0.2, 0.25) is 0 Å². The van der Waals surface area contributed by atoms with Gasteiger partial charge in [0.15, 0.2) is 5.11 Å². The molecule has 2 aromatic rings. The van der Waals surface area contributed by atoms with E-state index in [4.69, 9.17) is 17.0 Å². The predicted molar refractivity (Wildman–Crippen MR) is 105 cm³/mol. The van der Waals surface area contributed by atoms with Crippen molar-refractivity contribution in [2.75, 3.05) is 11.5 Å². The highest BCUT2D eigenvalue weighted by Crippen LogP contribution is 2.22. The number of anilines is 1. The van der Waals surface area contributed by atoms with E-state index in [1.54, 1.807) is 54.6 Å². The largest absolute Gasteiger partial charge is 0.490 e. The third-order valence-electron chi connectivity index (χ3n) is 3.65. The zero-order valence-electron chi connectivity index (χ0n) is 13.8. The Balaban J connectivity index is 1.94. The average Bonchev–Trinajstić information content (AvgIpc) is 2.64. The van der Waals surface area contributed by atoms with Gasteiger partial charge in [0, 0.05) is 0 Å². The molecule has 0 radical (unpaired) electrons. The van der Waals surface area contributed by atoms with Crippen LogP contribution in [-0.2, 0) is 9.59 Å². The summed E-state index contributed by atoms with van der Waals surface area (Å²) >= 11 is 5.17. The highest BCUT2D eigenvalue weighted by molar-refractivity contribution is 7.80. The molecule has 0 atom stereocenters. The van der Waals surface area contributed by atoms with Crippen molar-refractivity contribution in [2.24, 2.45) is 0 Å². The number of carbonyl (C=O) groups excluding carboxylic acids is 2. The van der Waals surface area contributed by atoms with Gasteiger partial charge in [-0.05, 0) is 48.1 Å². The summed E-state index contributed by atoms with van der Waals surface area (Å²) in [5.74, 6) is -0.370. The molecule has 0 saturated carbocycles. The van der Waals surface area contributed by atoms with Crippen molar-refractivity contribution in [1.82, 2.24) is 5.32 Å². The van der Waals surface area contributed by atoms with Crippen LogP contribution in [0.1, 0.15) is 5.56 Å². The fourth-order valence-electron chi connectivity index (χ4n) is 2.48. The molecule has 0 spiro atoms. The van der Waals surface area contributed by atoms with Gasteiger partial charge in [-0.25, -0.2) is 0 Å². The Kier molecular flexibility index (Phi) is 5.24. The average molecular weight is 364 g/mol. The number of benzene rings is 2. The third-order valence-corrected chi connectivity index (χ3v) is 3.94. The zero-order valence-corrected chi connectivity index (χ0v) is 14.7. The highest BCUT2D eigenvalue weighted by atomic mass is 32.1. The molecule has 0 aliphatic carbocycles. The number of thiocarbonyl (C=S) groups is 1. The Morgan fingerprint density at radius 2 is 1.88 bits per heavy atom. The maximum atomic E-state index is 12.9. The molecule has 1 N–H and O–H groups in total. The van der Waals surface area contributed by atoms with E-state index < -0.39 is 11.8 Å². The van der Waals surface area contributed by atoms with Gasteiger partial charge in [0.25, 0.3) is 11.8 Å². The number of amides is 2. The predicted octanol–water partition coefficient (Wildman–Crippen LogP) is 3.08. The number of hydrogen-bond donors (Lipinski definition) is 1. The highest BCUT2D eigenvalue weighted by Gasteiger charge is 2.34. The van der Waals surface area contributed by atoms with Crippen molar-refractivity contribution in [1.29, 1.82) is 0 Å². The minimum absolute atomic E-state index is 0.00308. The standard InChI is InChI=1S/C20H16N2O3S/c1-2-11-25-16-10-6-7-14(12-16)13-17-18(23)21-20(26)22(19(17)24)15-8-4-3-5-9-15/h2-10,12-13H,1,11H2,(H,21,23,26)/b17-13+. The summed E-state index contributed by atoms with van der Waals surface area (Å²) in [4.78, 5) is 26.5. The summed E-state index contributed by atoms with van der Waals surface area (Å²) < 4.78 is 5.48. The van der Waals surface area contributed by atoms with Gasteiger partial charge in [0.05, 0.1) is 5.69 Å². The van der Waals surface area contributed by atoms with Crippen LogP contribution in [0.25, 0.3) is 6.08 Å². The molecule has 1 heterocycles. The zero-order chi connectivity index (χ0) is 18.5. The van der Waals surface area contributed by atoms with Crippen LogP contribution in [0.4, 0.5) is 5.69 Å². The van der Waals surface area contributed by atoms with Crippen LogP contribution >= 0.6 is 12.2 Å². The van der Waals surface area contributed by atoms with E-state index in [0.717, 1.165) is 0 Å². The Morgan fingerprint density at radius 1 is 1.12 bits per heavy atom. The van der Waals surface area contributed by atoms with E-state index in [-0.39, 0.29) is 10.7 Å². The first-order valence-electron chi connectivity index (χ1n) is 7.90. The van der Waals surface area contributed by atoms with E-state index in [2.05, 4.69) is 11.9 Å². The van der Waals surface area contributed by atoms with E-state index in [0.29, 0.717) is 23.6 Å². The van der Waals surface area contributed by atoms with Crippen molar-refractivity contribution in [3.8, 4) is 5.75 Å². The Morgan fingerprint density at radius 3 is 2.62 bits per heavy atom. The lowest BCUT2D eigenvalue weighted by Gasteiger charge is -2.28. The second-order valence-corrected chi connectivity index (χ2v) is 5.85. The van der Waals surface area contributed by atoms with E-state index in [1.807, 2.05) is 6.07 Å². The Hall–Kier alpha value is -3.25. The lowest BCUT2D eigenvalue weighted by molar-refractivity contribution is -0.122. The van der Waals surface area contributed by atoms with Crippen LogP contribution in [0.2, 0.25) is 0 Å². The van der Waals surface area contributed by atoms with E-state index in [1.165, 1.54) is 11.0 Å². The van der Waals surface area contributed by atoms with Crippen LogP contribution in [0, 0.1) is 0 Å². The Bertz CT molecular complexity index is 906. The molecule has 5 nitrogen and oxygen atoms in total. The normalized spacial score (nSPS) is 15.8. The van der Waals surface area contributed by atoms with Crippen molar-refractivity contribution in [3.05, 3.63) is 78.4 Å². The molecule has 6 heteroatoms. The molecule has 2 amide bonds. The van der Waals surface area contributed by atoms with Gasteiger partial charge >= 0.3 is 0 Å². The number of nitrogens with zero attached hydrogens (tertiary/aromatic N) is 1. The van der Waals surface area contributed by atoms with Gasteiger partial charge in [0.1, 0.15) is 17.9 Å². The maximum Gasteiger partial charge on any atom is 0.270 e. The summed E-state index contributed by atoms with van der Waals surface area (Å²) in [5.41, 5.74) is 1.27. The quantitative estimate of drug-likeness (QED) is 0.383. The molecule has 2 aromatic carbocycles. The molecule has 1 aliphatic rings. The topological polar surface area (TPSA) is 58.6 Å². The molecule has 26 heavy (non-hydrogen) atoms. The number of hydrogen-bond acceptors (Lipinski definition) is 4. The van der Waals surface area contributed by atoms with E-state index in [9.17, 15) is 9.59 Å². The molecule has 3 rings (SSSR count). The summed E-state index contributed by atoms with van der Waals surface area (Å²) in [6.07, 6.45) is 3.16. The van der Waals surface area contributed by atoms with Crippen LogP contribution < -0.4 is 15.0 Å². The van der Waals surface area contributed by atoms with Gasteiger partial charge in [-0.15, -0.1) is 0 Å². The third kappa shape index (κ3) is 3.70. The number of carbonyl (C=O) groups is 2. The smallest absolute Gasteiger partial charge is 0.270 e. The van der Waals surface area contributed by atoms with Gasteiger partial charge < -0.3 is 4.74 Å². The summed E-state index contributed by atoms with van der Waals surface area (Å²) in [6, 6.07) is 16.0. The minimum Gasteiger partial charge on any atom is -0.490 e. The fourth-order valence-corrected chi connectivity index (χ4v) is 2.77.